The van der Waals surface area contributed by atoms with Crippen molar-refractivity contribution in [2.75, 3.05) is 5.32 Å². The van der Waals surface area contributed by atoms with Crippen molar-refractivity contribution >= 4 is 29.2 Å². The van der Waals surface area contributed by atoms with Crippen LogP contribution in [0.2, 0.25) is 0 Å². The highest BCUT2D eigenvalue weighted by molar-refractivity contribution is 6.30. The van der Waals surface area contributed by atoms with Crippen LogP contribution in [0.4, 0.5) is 11.4 Å². The van der Waals surface area contributed by atoms with Crippen LogP contribution in [0.3, 0.4) is 0 Å². The van der Waals surface area contributed by atoms with E-state index in [1.54, 1.807) is 36.4 Å². The lowest BCUT2D eigenvalue weighted by Gasteiger charge is -2.22. The maximum Gasteiger partial charge on any atom is 0.196 e. The van der Waals surface area contributed by atoms with E-state index in [2.05, 4.69) is 5.32 Å². The monoisotopic (exact) mass is 327 g/mol. The van der Waals surface area contributed by atoms with E-state index >= 15 is 0 Å². The Morgan fingerprint density at radius 2 is 1.32 bits per heavy atom. The number of carbonyl (C=O) groups is 3. The number of benzene rings is 3. The molecule has 0 aromatic heterocycles. The molecule has 0 saturated carbocycles. The standard InChI is InChI=1S/C21H13NO3/c23-12-13-10-11-17-18(19(13)22-14-6-2-1-3-7-14)21(25)16-9-5-4-8-15(16)20(17)24/h1-12,22H. The van der Waals surface area contributed by atoms with Crippen molar-refractivity contribution in [2.45, 2.75) is 0 Å². The number of anilines is 2. The Hall–Kier alpha value is -3.53. The average molecular weight is 327 g/mol. The first-order valence-corrected chi connectivity index (χ1v) is 7.83. The molecule has 0 unspecified atom stereocenters. The van der Waals surface area contributed by atoms with Gasteiger partial charge in [0.25, 0.3) is 0 Å². The van der Waals surface area contributed by atoms with Crippen LogP contribution in [0.1, 0.15) is 42.2 Å². The topological polar surface area (TPSA) is 63.2 Å². The largest absolute Gasteiger partial charge is 0.354 e. The van der Waals surface area contributed by atoms with Crippen molar-refractivity contribution in [3.05, 3.63) is 94.5 Å². The van der Waals surface area contributed by atoms with Gasteiger partial charge in [0.1, 0.15) is 0 Å². The predicted molar refractivity (Wildman–Crippen MR) is 94.9 cm³/mol. The van der Waals surface area contributed by atoms with Crippen LogP contribution >= 0.6 is 0 Å². The molecule has 0 aliphatic heterocycles. The number of carbonyl (C=O) groups excluding carboxylic acids is 3. The number of hydrogen-bond donors (Lipinski definition) is 1. The van der Waals surface area contributed by atoms with E-state index in [0.717, 1.165) is 5.69 Å². The third kappa shape index (κ3) is 2.35. The molecule has 0 bridgehead atoms. The molecule has 1 aliphatic carbocycles. The first-order chi connectivity index (χ1) is 12.2. The zero-order valence-electron chi connectivity index (χ0n) is 13.2. The minimum Gasteiger partial charge on any atom is -0.354 e. The summed E-state index contributed by atoms with van der Waals surface area (Å²) in [6.45, 7) is 0. The Morgan fingerprint density at radius 1 is 0.680 bits per heavy atom. The van der Waals surface area contributed by atoms with E-state index in [-0.39, 0.29) is 17.1 Å². The molecular weight excluding hydrogens is 314 g/mol. The molecule has 4 rings (SSSR count). The lowest BCUT2D eigenvalue weighted by Crippen LogP contribution is -2.22. The van der Waals surface area contributed by atoms with Gasteiger partial charge in [0, 0.05) is 27.9 Å². The van der Waals surface area contributed by atoms with Crippen LogP contribution in [0, 0.1) is 0 Å². The molecule has 0 radical (unpaired) electrons. The van der Waals surface area contributed by atoms with Gasteiger partial charge in [-0.3, -0.25) is 14.4 Å². The number of aldehydes is 1. The average Bonchev–Trinajstić information content (AvgIpc) is 2.66. The summed E-state index contributed by atoms with van der Waals surface area (Å²) in [5.74, 6) is -0.467. The van der Waals surface area contributed by atoms with Gasteiger partial charge < -0.3 is 5.32 Å². The maximum atomic E-state index is 13.0. The molecule has 25 heavy (non-hydrogen) atoms. The van der Waals surface area contributed by atoms with Crippen LogP contribution < -0.4 is 5.32 Å². The Labute approximate surface area is 144 Å². The van der Waals surface area contributed by atoms with Crippen molar-refractivity contribution in [3.63, 3.8) is 0 Å². The summed E-state index contributed by atoms with van der Waals surface area (Å²) in [6.07, 6.45) is 0.684. The summed E-state index contributed by atoms with van der Waals surface area (Å²) in [5.41, 5.74) is 2.75. The van der Waals surface area contributed by atoms with E-state index in [1.807, 2.05) is 30.3 Å². The summed E-state index contributed by atoms with van der Waals surface area (Å²) in [5, 5.41) is 3.13. The number of fused-ring (bicyclic) bond motifs is 2. The minimum atomic E-state index is -0.257. The minimum absolute atomic E-state index is 0.209. The van der Waals surface area contributed by atoms with Crippen LogP contribution in [-0.2, 0) is 0 Å². The van der Waals surface area contributed by atoms with Crippen molar-refractivity contribution in [1.82, 2.24) is 0 Å². The van der Waals surface area contributed by atoms with Gasteiger partial charge in [-0.25, -0.2) is 0 Å². The van der Waals surface area contributed by atoms with E-state index in [0.29, 0.717) is 34.2 Å². The van der Waals surface area contributed by atoms with E-state index in [1.165, 1.54) is 0 Å². The van der Waals surface area contributed by atoms with Crippen LogP contribution in [0.25, 0.3) is 0 Å². The van der Waals surface area contributed by atoms with Gasteiger partial charge in [0.15, 0.2) is 17.9 Å². The second-order valence-corrected chi connectivity index (χ2v) is 5.77. The molecule has 3 aromatic carbocycles. The molecule has 4 heteroatoms. The van der Waals surface area contributed by atoms with Gasteiger partial charge >= 0.3 is 0 Å². The molecular formula is C21H13NO3. The van der Waals surface area contributed by atoms with Crippen molar-refractivity contribution in [1.29, 1.82) is 0 Å². The van der Waals surface area contributed by atoms with Crippen LogP contribution in [0.5, 0.6) is 0 Å². The molecule has 1 aliphatic rings. The summed E-state index contributed by atoms with van der Waals surface area (Å²) in [7, 11) is 0. The molecule has 0 saturated heterocycles. The number of para-hydroxylation sites is 1. The molecule has 4 nitrogen and oxygen atoms in total. The number of rotatable bonds is 3. The molecule has 0 heterocycles. The maximum absolute atomic E-state index is 13.0. The number of ketones is 2. The second kappa shape index (κ2) is 5.83. The van der Waals surface area contributed by atoms with Gasteiger partial charge in [-0.15, -0.1) is 0 Å². The number of nitrogens with one attached hydrogen (secondary N) is 1. The molecule has 120 valence electrons. The van der Waals surface area contributed by atoms with Gasteiger partial charge in [-0.2, -0.15) is 0 Å². The van der Waals surface area contributed by atoms with E-state index in [4.69, 9.17) is 0 Å². The SMILES string of the molecule is O=Cc1ccc2c(c1Nc1ccccc1)C(=O)c1ccccc1C2=O. The zero-order chi connectivity index (χ0) is 17.4. The molecule has 0 spiro atoms. The van der Waals surface area contributed by atoms with E-state index < -0.39 is 0 Å². The lowest BCUT2D eigenvalue weighted by molar-refractivity contribution is 0.0979. The highest BCUT2D eigenvalue weighted by Gasteiger charge is 2.32. The third-order valence-electron chi connectivity index (χ3n) is 4.30. The second-order valence-electron chi connectivity index (χ2n) is 5.77. The Kier molecular flexibility index (Phi) is 3.51. The molecule has 0 atom stereocenters. The Morgan fingerprint density at radius 3 is 2.00 bits per heavy atom. The van der Waals surface area contributed by atoms with Gasteiger partial charge in [0.2, 0.25) is 0 Å². The van der Waals surface area contributed by atoms with Gasteiger partial charge in [0.05, 0.1) is 11.3 Å². The first-order valence-electron chi connectivity index (χ1n) is 7.83. The van der Waals surface area contributed by atoms with Gasteiger partial charge in [-0.1, -0.05) is 42.5 Å². The lowest BCUT2D eigenvalue weighted by atomic mass is 9.82. The fraction of sp³-hybridized carbons (Fsp3) is 0. The number of hydrogen-bond acceptors (Lipinski definition) is 4. The summed E-state index contributed by atoms with van der Waals surface area (Å²) < 4.78 is 0. The highest BCUT2D eigenvalue weighted by Crippen LogP contribution is 2.35. The predicted octanol–water partition coefficient (Wildman–Crippen LogP) is 4.02. The van der Waals surface area contributed by atoms with E-state index in [9.17, 15) is 14.4 Å². The smallest absolute Gasteiger partial charge is 0.196 e. The highest BCUT2D eigenvalue weighted by atomic mass is 16.1. The summed E-state index contributed by atoms with van der Waals surface area (Å²) >= 11 is 0. The van der Waals surface area contributed by atoms with Crippen molar-refractivity contribution in [2.24, 2.45) is 0 Å². The van der Waals surface area contributed by atoms with Crippen molar-refractivity contribution in [3.8, 4) is 0 Å². The first kappa shape index (κ1) is 15.0. The Balaban J connectivity index is 1.95. The fourth-order valence-electron chi connectivity index (χ4n) is 3.10. The van der Waals surface area contributed by atoms with Crippen molar-refractivity contribution < 1.29 is 14.4 Å². The van der Waals surface area contributed by atoms with Gasteiger partial charge in [-0.05, 0) is 24.3 Å². The third-order valence-corrected chi connectivity index (χ3v) is 4.30. The molecule has 3 aromatic rings. The normalized spacial score (nSPS) is 12.3. The Bertz CT molecular complexity index is 1020. The summed E-state index contributed by atoms with van der Waals surface area (Å²) in [4.78, 5) is 37.3. The van der Waals surface area contributed by atoms with Crippen LogP contribution in [0.15, 0.2) is 66.7 Å². The van der Waals surface area contributed by atoms with Crippen LogP contribution in [-0.4, -0.2) is 17.9 Å². The molecule has 1 N–H and O–H groups in total. The summed E-state index contributed by atoms with van der Waals surface area (Å²) in [6, 6.07) is 19.1. The quantitative estimate of drug-likeness (QED) is 0.577. The molecule has 0 fully saturated rings. The molecule has 0 amide bonds. The zero-order valence-corrected chi connectivity index (χ0v) is 13.2. The fourth-order valence-corrected chi connectivity index (χ4v) is 3.10.